The van der Waals surface area contributed by atoms with Gasteiger partial charge in [0.1, 0.15) is 22.1 Å². The predicted octanol–water partition coefficient (Wildman–Crippen LogP) is 6.12. The molecular formula is C24H19NO4S. The Bertz CT molecular complexity index is 1180. The van der Waals surface area contributed by atoms with E-state index in [0.29, 0.717) is 21.9 Å². The number of benzene rings is 3. The van der Waals surface area contributed by atoms with E-state index < -0.39 is 5.97 Å². The van der Waals surface area contributed by atoms with E-state index in [0.717, 1.165) is 15.8 Å². The summed E-state index contributed by atoms with van der Waals surface area (Å²) < 4.78 is 11.9. The number of para-hydroxylation sites is 1. The van der Waals surface area contributed by atoms with Gasteiger partial charge in [-0.2, -0.15) is 0 Å². The van der Waals surface area contributed by atoms with Crippen molar-refractivity contribution < 1.29 is 19.1 Å². The van der Waals surface area contributed by atoms with Gasteiger partial charge in [0.2, 0.25) is 0 Å². The summed E-state index contributed by atoms with van der Waals surface area (Å²) in [6.45, 7) is 2.02. The summed E-state index contributed by atoms with van der Waals surface area (Å²) in [5.74, 6) is 0.598. The van der Waals surface area contributed by atoms with E-state index in [9.17, 15) is 9.59 Å². The van der Waals surface area contributed by atoms with Crippen molar-refractivity contribution in [3.63, 3.8) is 0 Å². The number of hydrogen-bond acceptors (Lipinski definition) is 5. The fraction of sp³-hybridized carbons (Fsp3) is 0.0833. The SMILES string of the molecule is CCOC(=O)c1c(NC(=O)c2ccc(Oc3ccccc3)cc2)sc2ccccc12. The Morgan fingerprint density at radius 1 is 0.867 bits per heavy atom. The summed E-state index contributed by atoms with van der Waals surface area (Å²) in [5, 5.41) is 4.11. The summed E-state index contributed by atoms with van der Waals surface area (Å²) in [5.41, 5.74) is 0.845. The lowest BCUT2D eigenvalue weighted by Crippen LogP contribution is -2.14. The molecule has 0 aliphatic rings. The molecule has 1 heterocycles. The Kier molecular flexibility index (Phi) is 5.77. The molecule has 0 aliphatic heterocycles. The molecule has 4 aromatic rings. The zero-order valence-corrected chi connectivity index (χ0v) is 17.1. The van der Waals surface area contributed by atoms with E-state index in [1.807, 2.05) is 54.6 Å². The van der Waals surface area contributed by atoms with Crippen LogP contribution in [-0.2, 0) is 4.74 Å². The Balaban J connectivity index is 1.56. The maximum atomic E-state index is 12.8. The maximum Gasteiger partial charge on any atom is 0.341 e. The third kappa shape index (κ3) is 4.18. The van der Waals surface area contributed by atoms with Crippen LogP contribution in [0.25, 0.3) is 10.1 Å². The molecule has 3 aromatic carbocycles. The highest BCUT2D eigenvalue weighted by Crippen LogP contribution is 2.36. The van der Waals surface area contributed by atoms with Crippen LogP contribution in [-0.4, -0.2) is 18.5 Å². The Hall–Kier alpha value is -3.64. The van der Waals surface area contributed by atoms with Gasteiger partial charge in [0.05, 0.1) is 6.61 Å². The van der Waals surface area contributed by atoms with Crippen molar-refractivity contribution in [3.05, 3.63) is 90.0 Å². The first-order chi connectivity index (χ1) is 14.7. The summed E-state index contributed by atoms with van der Waals surface area (Å²) in [6.07, 6.45) is 0. The standard InChI is InChI=1S/C24H19NO4S/c1-2-28-24(27)21-19-10-6-7-11-20(19)30-23(21)25-22(26)16-12-14-18(15-13-16)29-17-8-4-3-5-9-17/h3-15H,2H2,1H3,(H,25,26). The second-order valence-corrected chi connectivity index (χ2v) is 7.47. The van der Waals surface area contributed by atoms with Gasteiger partial charge in [-0.15, -0.1) is 11.3 Å². The number of esters is 1. The molecule has 6 heteroatoms. The van der Waals surface area contributed by atoms with Crippen molar-refractivity contribution in [2.45, 2.75) is 6.92 Å². The molecule has 0 atom stereocenters. The number of carbonyl (C=O) groups is 2. The number of fused-ring (bicyclic) bond motifs is 1. The van der Waals surface area contributed by atoms with Gasteiger partial charge in [-0.3, -0.25) is 4.79 Å². The number of amides is 1. The van der Waals surface area contributed by atoms with E-state index in [1.54, 1.807) is 31.2 Å². The van der Waals surface area contributed by atoms with E-state index in [-0.39, 0.29) is 12.5 Å². The molecule has 0 saturated carbocycles. The number of thiophene rings is 1. The number of hydrogen-bond donors (Lipinski definition) is 1. The molecule has 1 N–H and O–H groups in total. The Morgan fingerprint density at radius 2 is 1.53 bits per heavy atom. The zero-order valence-electron chi connectivity index (χ0n) is 16.3. The molecule has 150 valence electrons. The Labute approximate surface area is 177 Å². The average Bonchev–Trinajstić information content (AvgIpc) is 3.13. The minimum atomic E-state index is -0.447. The molecular weight excluding hydrogens is 398 g/mol. The van der Waals surface area contributed by atoms with Crippen LogP contribution in [0.15, 0.2) is 78.9 Å². The van der Waals surface area contributed by atoms with Crippen molar-refractivity contribution in [2.75, 3.05) is 11.9 Å². The first kappa shape index (κ1) is 19.7. The van der Waals surface area contributed by atoms with E-state index in [4.69, 9.17) is 9.47 Å². The van der Waals surface area contributed by atoms with Crippen molar-refractivity contribution in [1.29, 1.82) is 0 Å². The summed E-state index contributed by atoms with van der Waals surface area (Å²) >= 11 is 1.35. The van der Waals surface area contributed by atoms with Crippen LogP contribution in [0.4, 0.5) is 5.00 Å². The molecule has 0 unspecified atom stereocenters. The number of rotatable bonds is 6. The second-order valence-electron chi connectivity index (χ2n) is 6.42. The van der Waals surface area contributed by atoms with Crippen molar-refractivity contribution >= 4 is 38.3 Å². The highest BCUT2D eigenvalue weighted by Gasteiger charge is 2.21. The minimum absolute atomic E-state index is 0.263. The van der Waals surface area contributed by atoms with Crippen LogP contribution < -0.4 is 10.1 Å². The Morgan fingerprint density at radius 3 is 2.27 bits per heavy atom. The lowest BCUT2D eigenvalue weighted by atomic mass is 10.1. The average molecular weight is 417 g/mol. The summed E-state index contributed by atoms with van der Waals surface area (Å²) in [7, 11) is 0. The van der Waals surface area contributed by atoms with Crippen LogP contribution in [0.1, 0.15) is 27.6 Å². The number of carbonyl (C=O) groups excluding carboxylic acids is 2. The van der Waals surface area contributed by atoms with Gasteiger partial charge in [0.15, 0.2) is 0 Å². The van der Waals surface area contributed by atoms with Crippen molar-refractivity contribution in [3.8, 4) is 11.5 Å². The normalized spacial score (nSPS) is 10.6. The molecule has 0 fully saturated rings. The van der Waals surface area contributed by atoms with E-state index in [1.165, 1.54) is 11.3 Å². The first-order valence-corrected chi connectivity index (χ1v) is 10.3. The van der Waals surface area contributed by atoms with Gasteiger partial charge in [-0.25, -0.2) is 4.79 Å². The molecule has 0 saturated heterocycles. The molecule has 1 amide bonds. The number of anilines is 1. The summed E-state index contributed by atoms with van der Waals surface area (Å²) in [6, 6.07) is 23.8. The van der Waals surface area contributed by atoms with Gasteiger partial charge >= 0.3 is 5.97 Å². The fourth-order valence-corrected chi connectivity index (χ4v) is 4.10. The molecule has 1 aromatic heterocycles. The molecule has 5 nitrogen and oxygen atoms in total. The first-order valence-electron chi connectivity index (χ1n) is 9.48. The lowest BCUT2D eigenvalue weighted by Gasteiger charge is -2.08. The van der Waals surface area contributed by atoms with E-state index >= 15 is 0 Å². The third-order valence-electron chi connectivity index (χ3n) is 4.40. The van der Waals surface area contributed by atoms with E-state index in [2.05, 4.69) is 5.32 Å². The highest BCUT2D eigenvalue weighted by molar-refractivity contribution is 7.23. The molecule has 0 bridgehead atoms. The molecule has 30 heavy (non-hydrogen) atoms. The quantitative estimate of drug-likeness (QED) is 0.384. The molecule has 0 spiro atoms. The minimum Gasteiger partial charge on any atom is -0.462 e. The van der Waals surface area contributed by atoms with Gasteiger partial charge in [0, 0.05) is 15.6 Å². The molecule has 0 aliphatic carbocycles. The zero-order chi connectivity index (χ0) is 20.9. The fourth-order valence-electron chi connectivity index (χ4n) is 3.01. The van der Waals surface area contributed by atoms with Gasteiger partial charge in [-0.1, -0.05) is 36.4 Å². The highest BCUT2D eigenvalue weighted by atomic mass is 32.1. The predicted molar refractivity (Wildman–Crippen MR) is 119 cm³/mol. The smallest absolute Gasteiger partial charge is 0.341 e. The van der Waals surface area contributed by atoms with Gasteiger partial charge < -0.3 is 14.8 Å². The summed E-state index contributed by atoms with van der Waals surface area (Å²) in [4.78, 5) is 25.3. The van der Waals surface area contributed by atoms with Crippen LogP contribution in [0, 0.1) is 0 Å². The van der Waals surface area contributed by atoms with Crippen LogP contribution in [0.3, 0.4) is 0 Å². The number of nitrogens with one attached hydrogen (secondary N) is 1. The van der Waals surface area contributed by atoms with Crippen LogP contribution >= 0.6 is 11.3 Å². The third-order valence-corrected chi connectivity index (χ3v) is 5.48. The van der Waals surface area contributed by atoms with Crippen LogP contribution in [0.5, 0.6) is 11.5 Å². The lowest BCUT2D eigenvalue weighted by molar-refractivity contribution is 0.0530. The largest absolute Gasteiger partial charge is 0.462 e. The monoisotopic (exact) mass is 417 g/mol. The van der Waals surface area contributed by atoms with Gasteiger partial charge in [-0.05, 0) is 49.4 Å². The molecule has 4 rings (SSSR count). The topological polar surface area (TPSA) is 64.6 Å². The number of ether oxygens (including phenoxy) is 2. The maximum absolute atomic E-state index is 12.8. The second kappa shape index (κ2) is 8.80. The van der Waals surface area contributed by atoms with Crippen molar-refractivity contribution in [1.82, 2.24) is 0 Å². The molecule has 0 radical (unpaired) electrons. The van der Waals surface area contributed by atoms with Crippen molar-refractivity contribution in [2.24, 2.45) is 0 Å². The van der Waals surface area contributed by atoms with Crippen LogP contribution in [0.2, 0.25) is 0 Å². The van der Waals surface area contributed by atoms with Gasteiger partial charge in [0.25, 0.3) is 5.91 Å².